The Bertz CT molecular complexity index is 1040. The molecule has 1 N–H and O–H groups in total. The Labute approximate surface area is 194 Å². The molecule has 10 heteroatoms. The number of nitrogens with zero attached hydrogens (tertiary/aromatic N) is 3. The van der Waals surface area contributed by atoms with Crippen molar-refractivity contribution in [3.05, 3.63) is 56.8 Å². The van der Waals surface area contributed by atoms with Gasteiger partial charge in [0, 0.05) is 41.6 Å². The van der Waals surface area contributed by atoms with Gasteiger partial charge in [0.05, 0.1) is 10.5 Å². The topological polar surface area (TPSA) is 115 Å². The number of para-hydroxylation sites is 1. The fourth-order valence-electron chi connectivity index (χ4n) is 3.63. The summed E-state index contributed by atoms with van der Waals surface area (Å²) in [6.45, 7) is 6.02. The first kappa shape index (κ1) is 23.6. The minimum atomic E-state index is -0.629. The number of aromatic nitrogens is 1. The molecule has 1 fully saturated rings. The van der Waals surface area contributed by atoms with Gasteiger partial charge in [-0.25, -0.2) is 4.79 Å². The predicted octanol–water partition coefficient (Wildman–Crippen LogP) is 4.55. The first-order chi connectivity index (χ1) is 15.1. The number of nitro benzene ring substituents is 1. The van der Waals surface area contributed by atoms with Gasteiger partial charge in [0.1, 0.15) is 11.2 Å². The minimum Gasteiger partial charge on any atom is -0.444 e. The number of benzene rings is 1. The van der Waals surface area contributed by atoms with Gasteiger partial charge in [-0.1, -0.05) is 22.0 Å². The van der Waals surface area contributed by atoms with E-state index in [1.807, 2.05) is 0 Å². The molecule has 3 rings (SSSR count). The van der Waals surface area contributed by atoms with Crippen molar-refractivity contribution < 1.29 is 19.2 Å². The summed E-state index contributed by atoms with van der Waals surface area (Å²) in [5, 5.41) is 14.8. The highest BCUT2D eigenvalue weighted by Gasteiger charge is 2.32. The second-order valence-corrected chi connectivity index (χ2v) is 9.41. The summed E-state index contributed by atoms with van der Waals surface area (Å²) < 4.78 is 5.93. The Balaban J connectivity index is 1.86. The fourth-order valence-corrected chi connectivity index (χ4v) is 4.06. The number of hydrogen-bond acceptors (Lipinski definition) is 6. The average molecular weight is 505 g/mol. The van der Waals surface area contributed by atoms with Crippen molar-refractivity contribution in [1.82, 2.24) is 15.2 Å². The first-order valence-electron chi connectivity index (χ1n) is 10.2. The average Bonchev–Trinajstić information content (AvgIpc) is 2.71. The number of ether oxygens (including phenoxy) is 1. The number of piperidine rings is 1. The largest absolute Gasteiger partial charge is 0.444 e. The van der Waals surface area contributed by atoms with Crippen LogP contribution >= 0.6 is 15.9 Å². The fraction of sp³-hybridized carbons (Fsp3) is 0.409. The standard InChI is InChI=1S/C22H25BrN4O5/c1-22(2,3)32-21(29)25-14-6-5-11-26(13-14)20(28)16-8-4-7-15(19(16)27(30)31)17-12-24-10-9-18(17)23/h4,7-10,12,14H,5-6,11,13H2,1-3H3,(H,25,29). The summed E-state index contributed by atoms with van der Waals surface area (Å²) in [5.41, 5.74) is -0.0663. The lowest BCUT2D eigenvalue weighted by Gasteiger charge is -2.33. The van der Waals surface area contributed by atoms with Crippen LogP contribution < -0.4 is 5.32 Å². The highest BCUT2D eigenvalue weighted by atomic mass is 79.9. The number of halogens is 1. The van der Waals surface area contributed by atoms with Crippen LogP contribution in [-0.4, -0.2) is 51.5 Å². The number of nitro groups is 1. The Morgan fingerprint density at radius 1 is 1.28 bits per heavy atom. The van der Waals surface area contributed by atoms with Gasteiger partial charge in [0.2, 0.25) is 0 Å². The lowest BCUT2D eigenvalue weighted by molar-refractivity contribution is -0.384. The maximum atomic E-state index is 13.3. The molecule has 0 spiro atoms. The number of hydrogen-bond donors (Lipinski definition) is 1. The number of alkyl carbamates (subject to hydrolysis) is 1. The van der Waals surface area contributed by atoms with Crippen molar-refractivity contribution in [2.75, 3.05) is 13.1 Å². The number of likely N-dealkylation sites (tertiary alicyclic amines) is 1. The second kappa shape index (κ2) is 9.64. The monoisotopic (exact) mass is 504 g/mol. The molecule has 1 atom stereocenters. The van der Waals surface area contributed by atoms with E-state index in [2.05, 4.69) is 26.2 Å². The van der Waals surface area contributed by atoms with E-state index < -0.39 is 22.5 Å². The molecular formula is C22H25BrN4O5. The normalized spacial score (nSPS) is 16.4. The highest BCUT2D eigenvalue weighted by molar-refractivity contribution is 9.10. The number of rotatable bonds is 4. The molecular weight excluding hydrogens is 480 g/mol. The van der Waals surface area contributed by atoms with Gasteiger partial charge in [-0.3, -0.25) is 19.9 Å². The Morgan fingerprint density at radius 3 is 2.69 bits per heavy atom. The number of nitrogens with one attached hydrogen (secondary N) is 1. The molecule has 170 valence electrons. The SMILES string of the molecule is CC(C)(C)OC(=O)NC1CCCN(C(=O)c2cccc(-c3cnccc3Br)c2[N+](=O)[O-])C1. The van der Waals surface area contributed by atoms with E-state index >= 15 is 0 Å². The molecule has 1 aromatic carbocycles. The van der Waals surface area contributed by atoms with Crippen LogP contribution in [0.1, 0.15) is 44.0 Å². The van der Waals surface area contributed by atoms with Gasteiger partial charge in [0.25, 0.3) is 11.6 Å². The minimum absolute atomic E-state index is 0.00108. The number of pyridine rings is 1. The molecule has 1 aromatic heterocycles. The van der Waals surface area contributed by atoms with Gasteiger partial charge < -0.3 is 15.0 Å². The van der Waals surface area contributed by atoms with Crippen molar-refractivity contribution in [3.63, 3.8) is 0 Å². The zero-order valence-electron chi connectivity index (χ0n) is 18.1. The van der Waals surface area contributed by atoms with Crippen molar-refractivity contribution in [2.24, 2.45) is 0 Å². The van der Waals surface area contributed by atoms with Crippen LogP contribution in [0.15, 0.2) is 41.1 Å². The smallest absolute Gasteiger partial charge is 0.407 e. The van der Waals surface area contributed by atoms with E-state index in [0.29, 0.717) is 35.0 Å². The third-order valence-electron chi connectivity index (χ3n) is 4.94. The maximum Gasteiger partial charge on any atom is 0.407 e. The van der Waals surface area contributed by atoms with Gasteiger partial charge in [0.15, 0.2) is 0 Å². The van der Waals surface area contributed by atoms with E-state index in [4.69, 9.17) is 4.74 Å². The van der Waals surface area contributed by atoms with Gasteiger partial charge in [-0.15, -0.1) is 0 Å². The van der Waals surface area contributed by atoms with Gasteiger partial charge >= 0.3 is 6.09 Å². The Morgan fingerprint density at radius 2 is 2.03 bits per heavy atom. The molecule has 1 saturated heterocycles. The van der Waals surface area contributed by atoms with E-state index in [9.17, 15) is 19.7 Å². The van der Waals surface area contributed by atoms with Crippen LogP contribution in [0.5, 0.6) is 0 Å². The summed E-state index contributed by atoms with van der Waals surface area (Å²) in [6.07, 6.45) is 3.88. The van der Waals surface area contributed by atoms with E-state index in [1.165, 1.54) is 17.2 Å². The molecule has 1 unspecified atom stereocenters. The van der Waals surface area contributed by atoms with Crippen LogP contribution in [0.3, 0.4) is 0 Å². The van der Waals surface area contributed by atoms with Gasteiger partial charge in [-0.2, -0.15) is 0 Å². The summed E-state index contributed by atoms with van der Waals surface area (Å²) >= 11 is 3.40. The molecule has 9 nitrogen and oxygen atoms in total. The molecule has 0 aliphatic carbocycles. The quantitative estimate of drug-likeness (QED) is 0.482. The lowest BCUT2D eigenvalue weighted by atomic mass is 9.99. The Hall–Kier alpha value is -3.01. The van der Waals surface area contributed by atoms with Crippen molar-refractivity contribution in [3.8, 4) is 11.1 Å². The molecule has 0 bridgehead atoms. The lowest BCUT2D eigenvalue weighted by Crippen LogP contribution is -2.50. The van der Waals surface area contributed by atoms with Crippen LogP contribution in [-0.2, 0) is 4.74 Å². The van der Waals surface area contributed by atoms with Crippen LogP contribution in [0.25, 0.3) is 11.1 Å². The molecule has 2 heterocycles. The van der Waals surface area contributed by atoms with Crippen molar-refractivity contribution in [1.29, 1.82) is 0 Å². The number of amides is 2. The van der Waals surface area contributed by atoms with Crippen LogP contribution in [0.4, 0.5) is 10.5 Å². The maximum absolute atomic E-state index is 13.3. The van der Waals surface area contributed by atoms with Crippen molar-refractivity contribution in [2.45, 2.75) is 45.3 Å². The summed E-state index contributed by atoms with van der Waals surface area (Å²) in [5.74, 6) is -0.450. The summed E-state index contributed by atoms with van der Waals surface area (Å²) in [6, 6.07) is 6.07. The number of carbonyl (C=O) groups excluding carboxylic acids is 2. The molecule has 1 aliphatic rings. The zero-order chi connectivity index (χ0) is 23.5. The van der Waals surface area contributed by atoms with E-state index in [-0.39, 0.29) is 23.8 Å². The van der Waals surface area contributed by atoms with E-state index in [1.54, 1.807) is 45.2 Å². The summed E-state index contributed by atoms with van der Waals surface area (Å²) in [4.78, 5) is 42.4. The molecule has 2 amide bonds. The zero-order valence-corrected chi connectivity index (χ0v) is 19.7. The molecule has 2 aromatic rings. The van der Waals surface area contributed by atoms with Crippen LogP contribution in [0, 0.1) is 10.1 Å². The molecule has 0 radical (unpaired) electrons. The third-order valence-corrected chi connectivity index (χ3v) is 5.63. The van der Waals surface area contributed by atoms with Crippen LogP contribution in [0.2, 0.25) is 0 Å². The van der Waals surface area contributed by atoms with Crippen molar-refractivity contribution >= 4 is 33.6 Å². The Kier molecular flexibility index (Phi) is 7.12. The number of carbonyl (C=O) groups is 2. The second-order valence-electron chi connectivity index (χ2n) is 8.55. The highest BCUT2D eigenvalue weighted by Crippen LogP contribution is 2.37. The van der Waals surface area contributed by atoms with E-state index in [0.717, 1.165) is 0 Å². The summed E-state index contributed by atoms with van der Waals surface area (Å²) in [7, 11) is 0. The first-order valence-corrected chi connectivity index (χ1v) is 11.0. The predicted molar refractivity (Wildman–Crippen MR) is 122 cm³/mol. The molecule has 32 heavy (non-hydrogen) atoms. The molecule has 0 saturated carbocycles. The third kappa shape index (κ3) is 5.61. The van der Waals surface area contributed by atoms with Gasteiger partial charge in [-0.05, 0) is 51.8 Å². The molecule has 1 aliphatic heterocycles.